The Hall–Kier alpha value is -4.18. The fraction of sp³-hybridized carbons (Fsp3) is 0.310. The van der Waals surface area contributed by atoms with Gasteiger partial charge in [-0.1, -0.05) is 24.3 Å². The Kier molecular flexibility index (Phi) is 6.68. The van der Waals surface area contributed by atoms with Gasteiger partial charge in [0.05, 0.1) is 48.0 Å². The van der Waals surface area contributed by atoms with Crippen molar-refractivity contribution in [1.82, 2.24) is 14.9 Å². The van der Waals surface area contributed by atoms with E-state index >= 15 is 0 Å². The first-order valence-electron chi connectivity index (χ1n) is 12.3. The van der Waals surface area contributed by atoms with E-state index < -0.39 is 0 Å². The summed E-state index contributed by atoms with van der Waals surface area (Å²) in [7, 11) is 1.43. The van der Waals surface area contributed by atoms with Crippen molar-refractivity contribution in [2.45, 2.75) is 32.2 Å². The molecule has 4 aromatic rings. The average Bonchev–Trinajstić information content (AvgIpc) is 3.33. The average molecular weight is 481 g/mol. The molecule has 0 atom stereocenters. The number of amides is 1. The molecule has 0 aliphatic heterocycles. The third-order valence-corrected chi connectivity index (χ3v) is 7.19. The lowest BCUT2D eigenvalue weighted by Gasteiger charge is -2.27. The third kappa shape index (κ3) is 4.80. The van der Waals surface area contributed by atoms with Crippen LogP contribution in [0.4, 0.5) is 0 Å². The molecule has 2 heterocycles. The number of esters is 1. The lowest BCUT2D eigenvalue weighted by Crippen LogP contribution is -2.33. The van der Waals surface area contributed by atoms with Crippen LogP contribution in [0.3, 0.4) is 0 Å². The van der Waals surface area contributed by atoms with Gasteiger partial charge in [0.25, 0.3) is 5.91 Å². The van der Waals surface area contributed by atoms with Crippen LogP contribution in [-0.4, -0.2) is 35.1 Å². The van der Waals surface area contributed by atoms with E-state index in [-0.39, 0.29) is 17.8 Å². The molecule has 2 aromatic carbocycles. The second-order valence-corrected chi connectivity index (χ2v) is 9.49. The smallest absolute Gasteiger partial charge is 0.308 e. The van der Waals surface area contributed by atoms with E-state index in [2.05, 4.69) is 28.5 Å². The van der Waals surface area contributed by atoms with E-state index in [1.54, 1.807) is 6.07 Å². The van der Waals surface area contributed by atoms with Gasteiger partial charge in [0.15, 0.2) is 0 Å². The highest BCUT2D eigenvalue weighted by Gasteiger charge is 2.27. The van der Waals surface area contributed by atoms with Crippen LogP contribution in [0.2, 0.25) is 0 Å². The topological polar surface area (TPSA) is 97.0 Å². The van der Waals surface area contributed by atoms with E-state index in [0.29, 0.717) is 30.1 Å². The lowest BCUT2D eigenvalue weighted by atomic mass is 9.82. The Balaban J connectivity index is 1.36. The molecule has 0 saturated heterocycles. The van der Waals surface area contributed by atoms with Crippen LogP contribution >= 0.6 is 0 Å². The maximum Gasteiger partial charge on any atom is 0.308 e. The molecule has 1 aliphatic rings. The van der Waals surface area contributed by atoms with Crippen molar-refractivity contribution in [2.24, 2.45) is 11.8 Å². The molecule has 0 unspecified atom stereocenters. The molecule has 1 fully saturated rings. The number of fused-ring (bicyclic) bond motifs is 2. The van der Waals surface area contributed by atoms with Gasteiger partial charge in [0.1, 0.15) is 0 Å². The van der Waals surface area contributed by atoms with Crippen LogP contribution in [0, 0.1) is 23.2 Å². The van der Waals surface area contributed by atoms with Crippen LogP contribution in [0.15, 0.2) is 60.9 Å². The predicted molar refractivity (Wildman–Crippen MR) is 137 cm³/mol. The van der Waals surface area contributed by atoms with Gasteiger partial charge in [-0.25, -0.2) is 0 Å². The van der Waals surface area contributed by atoms with Crippen LogP contribution in [0.1, 0.15) is 47.3 Å². The number of nitrogens with one attached hydrogen (secondary N) is 1. The second kappa shape index (κ2) is 10.2. The van der Waals surface area contributed by atoms with Crippen molar-refractivity contribution in [3.05, 3.63) is 77.7 Å². The molecular weight excluding hydrogens is 452 g/mol. The van der Waals surface area contributed by atoms with Gasteiger partial charge in [-0.15, -0.1) is 0 Å². The number of ether oxygens (including phenoxy) is 1. The second-order valence-electron chi connectivity index (χ2n) is 9.49. The van der Waals surface area contributed by atoms with Crippen molar-refractivity contribution in [3.63, 3.8) is 0 Å². The Morgan fingerprint density at radius 2 is 1.86 bits per heavy atom. The van der Waals surface area contributed by atoms with E-state index in [9.17, 15) is 14.9 Å². The van der Waals surface area contributed by atoms with E-state index in [1.807, 2.05) is 47.3 Å². The number of rotatable bonds is 6. The van der Waals surface area contributed by atoms with Gasteiger partial charge < -0.3 is 14.6 Å². The van der Waals surface area contributed by atoms with E-state index in [4.69, 9.17) is 4.74 Å². The van der Waals surface area contributed by atoms with E-state index in [0.717, 1.165) is 53.1 Å². The van der Waals surface area contributed by atoms with Gasteiger partial charge in [-0.3, -0.25) is 14.6 Å². The summed E-state index contributed by atoms with van der Waals surface area (Å²) in [5.41, 5.74) is 2.62. The highest BCUT2D eigenvalue weighted by molar-refractivity contribution is 6.06. The third-order valence-electron chi connectivity index (χ3n) is 7.19. The number of carbonyl (C=O) groups is 2. The first kappa shape index (κ1) is 23.6. The van der Waals surface area contributed by atoms with Gasteiger partial charge in [-0.05, 0) is 61.3 Å². The minimum Gasteiger partial charge on any atom is -0.469 e. The molecule has 5 rings (SSSR count). The lowest BCUT2D eigenvalue weighted by molar-refractivity contribution is -0.146. The van der Waals surface area contributed by atoms with Gasteiger partial charge >= 0.3 is 5.97 Å². The van der Waals surface area contributed by atoms with Crippen LogP contribution in [0.25, 0.3) is 21.7 Å². The molecule has 1 N–H and O–H groups in total. The monoisotopic (exact) mass is 480 g/mol. The maximum absolute atomic E-state index is 13.3. The minimum absolute atomic E-state index is 0.0409. The van der Waals surface area contributed by atoms with E-state index in [1.165, 1.54) is 7.11 Å². The van der Waals surface area contributed by atoms with Crippen LogP contribution in [-0.2, 0) is 16.1 Å². The summed E-state index contributed by atoms with van der Waals surface area (Å²) in [5.74, 6) is -0.0626. The molecule has 2 aromatic heterocycles. The zero-order chi connectivity index (χ0) is 25.1. The zero-order valence-electron chi connectivity index (χ0n) is 20.2. The Labute approximate surface area is 209 Å². The molecule has 1 saturated carbocycles. The number of pyridine rings is 1. The molecule has 0 radical (unpaired) electrons. The highest BCUT2D eigenvalue weighted by atomic mass is 16.5. The minimum atomic E-state index is -0.196. The number of hydrogen-bond acceptors (Lipinski definition) is 5. The van der Waals surface area contributed by atoms with Crippen LogP contribution < -0.4 is 5.32 Å². The number of aromatic nitrogens is 2. The van der Waals surface area contributed by atoms with Crippen molar-refractivity contribution in [2.75, 3.05) is 13.7 Å². The first-order chi connectivity index (χ1) is 17.6. The Bertz CT molecular complexity index is 1480. The summed E-state index contributed by atoms with van der Waals surface area (Å²) in [6.07, 6.45) is 7.11. The normalized spacial score (nSPS) is 17.6. The molecule has 0 spiro atoms. The van der Waals surface area contributed by atoms with Gasteiger partial charge in [0.2, 0.25) is 0 Å². The molecule has 7 nitrogen and oxygen atoms in total. The SMILES string of the molecule is COC(=O)C1CCC(CNC(=O)c2cc(C#N)cc3ccn(Cc4cc5ccccc5cn4)c23)CC1. The molecule has 182 valence electrons. The summed E-state index contributed by atoms with van der Waals surface area (Å²) in [6, 6.07) is 17.7. The summed E-state index contributed by atoms with van der Waals surface area (Å²) in [6.45, 7) is 1.05. The predicted octanol–water partition coefficient (Wildman–Crippen LogP) is 4.82. The van der Waals surface area contributed by atoms with Gasteiger partial charge in [0, 0.05) is 29.7 Å². The standard InChI is InChI=1S/C29H28N4O3/c1-36-29(35)21-8-6-19(7-9-21)16-32-28(34)26-13-20(15-30)12-23-10-11-33(27(23)26)18-25-14-22-4-2-3-5-24(22)17-31-25/h2-5,10-14,17,19,21H,6-9,16,18H2,1H3,(H,32,34). The molecule has 36 heavy (non-hydrogen) atoms. The van der Waals surface area contributed by atoms with Crippen molar-refractivity contribution in [3.8, 4) is 6.07 Å². The Morgan fingerprint density at radius 1 is 1.08 bits per heavy atom. The zero-order valence-corrected chi connectivity index (χ0v) is 20.2. The quantitative estimate of drug-likeness (QED) is 0.399. The largest absolute Gasteiger partial charge is 0.469 e. The fourth-order valence-electron chi connectivity index (χ4n) is 5.21. The summed E-state index contributed by atoms with van der Waals surface area (Å²) in [5, 5.41) is 15.7. The van der Waals surface area contributed by atoms with Gasteiger partial charge in [-0.2, -0.15) is 5.26 Å². The molecule has 0 bridgehead atoms. The van der Waals surface area contributed by atoms with Crippen molar-refractivity contribution < 1.29 is 14.3 Å². The molecular formula is C29H28N4O3. The Morgan fingerprint density at radius 3 is 2.61 bits per heavy atom. The summed E-state index contributed by atoms with van der Waals surface area (Å²) < 4.78 is 6.89. The summed E-state index contributed by atoms with van der Waals surface area (Å²) >= 11 is 0. The number of methoxy groups -OCH3 is 1. The van der Waals surface area contributed by atoms with Crippen molar-refractivity contribution in [1.29, 1.82) is 5.26 Å². The van der Waals surface area contributed by atoms with Crippen LogP contribution in [0.5, 0.6) is 0 Å². The number of nitriles is 1. The first-order valence-corrected chi connectivity index (χ1v) is 12.3. The summed E-state index contributed by atoms with van der Waals surface area (Å²) in [4.78, 5) is 29.7. The number of nitrogens with zero attached hydrogens (tertiary/aromatic N) is 3. The highest BCUT2D eigenvalue weighted by Crippen LogP contribution is 2.29. The van der Waals surface area contributed by atoms with Crippen molar-refractivity contribution >= 4 is 33.6 Å². The molecule has 1 aliphatic carbocycles. The number of hydrogen-bond donors (Lipinski definition) is 1. The number of carbonyl (C=O) groups excluding carboxylic acids is 2. The number of benzene rings is 2. The molecule has 1 amide bonds. The maximum atomic E-state index is 13.3. The molecule has 7 heteroatoms. The fourth-order valence-corrected chi connectivity index (χ4v) is 5.21.